The highest BCUT2D eigenvalue weighted by molar-refractivity contribution is 7.90. The Kier molecular flexibility index (Phi) is 3.02. The number of allylic oxidation sites excluding steroid dienone is 1. The lowest BCUT2D eigenvalue weighted by Crippen LogP contribution is -2.30. The van der Waals surface area contributed by atoms with E-state index in [1.54, 1.807) is 24.3 Å². The lowest BCUT2D eigenvalue weighted by atomic mass is 10.2. The van der Waals surface area contributed by atoms with Gasteiger partial charge in [0, 0.05) is 6.54 Å². The van der Waals surface area contributed by atoms with Gasteiger partial charge in [-0.25, -0.2) is 12.7 Å². The summed E-state index contributed by atoms with van der Waals surface area (Å²) in [4.78, 5) is 12.0. The van der Waals surface area contributed by atoms with E-state index in [0.29, 0.717) is 12.8 Å². The van der Waals surface area contributed by atoms with Crippen molar-refractivity contribution in [3.8, 4) is 0 Å². The zero-order chi connectivity index (χ0) is 12.5. The number of benzene rings is 1. The van der Waals surface area contributed by atoms with Crippen LogP contribution in [0.25, 0.3) is 0 Å². The Labute approximate surface area is 101 Å². The first-order valence-corrected chi connectivity index (χ1v) is 6.80. The summed E-state index contributed by atoms with van der Waals surface area (Å²) in [6.07, 6.45) is 3.00. The van der Waals surface area contributed by atoms with Crippen LogP contribution in [0.3, 0.4) is 0 Å². The Balaban J connectivity index is 2.34. The summed E-state index contributed by atoms with van der Waals surface area (Å²) in [6.45, 7) is 3.78. The Morgan fingerprint density at radius 1 is 1.29 bits per heavy atom. The van der Waals surface area contributed by atoms with E-state index in [1.807, 2.05) is 0 Å². The van der Waals surface area contributed by atoms with Crippen LogP contribution in [-0.2, 0) is 10.0 Å². The van der Waals surface area contributed by atoms with Gasteiger partial charge in [-0.2, -0.15) is 0 Å². The number of carbonyl (C=O) groups excluding carboxylic acids is 1. The molecule has 1 heterocycles. The number of amides is 1. The predicted octanol–water partition coefficient (Wildman–Crippen LogP) is 1.80. The van der Waals surface area contributed by atoms with Crippen molar-refractivity contribution in [3.63, 3.8) is 0 Å². The Hall–Kier alpha value is -1.62. The Morgan fingerprint density at radius 2 is 2.00 bits per heavy atom. The second kappa shape index (κ2) is 4.33. The van der Waals surface area contributed by atoms with Crippen molar-refractivity contribution < 1.29 is 13.2 Å². The zero-order valence-electron chi connectivity index (χ0n) is 9.30. The van der Waals surface area contributed by atoms with Gasteiger partial charge in [-0.1, -0.05) is 18.2 Å². The molecule has 0 N–H and O–H groups in total. The van der Waals surface area contributed by atoms with E-state index >= 15 is 0 Å². The van der Waals surface area contributed by atoms with Crippen LogP contribution < -0.4 is 0 Å². The maximum atomic E-state index is 12.1. The molecule has 90 valence electrons. The highest BCUT2D eigenvalue weighted by Gasteiger charge is 2.40. The van der Waals surface area contributed by atoms with Crippen molar-refractivity contribution in [1.82, 2.24) is 4.31 Å². The normalized spacial score (nSPS) is 16.9. The van der Waals surface area contributed by atoms with E-state index in [9.17, 15) is 13.2 Å². The molecule has 1 aromatic rings. The molecule has 0 spiro atoms. The van der Waals surface area contributed by atoms with Crippen molar-refractivity contribution >= 4 is 15.9 Å². The average Bonchev–Trinajstić information content (AvgIpc) is 2.51. The highest BCUT2D eigenvalue weighted by Crippen LogP contribution is 2.29. The molecule has 0 aromatic heterocycles. The van der Waals surface area contributed by atoms with Gasteiger partial charge >= 0.3 is 0 Å². The van der Waals surface area contributed by atoms with E-state index in [-0.39, 0.29) is 17.0 Å². The lowest BCUT2D eigenvalue weighted by molar-refractivity contribution is 0.0870. The van der Waals surface area contributed by atoms with E-state index in [4.69, 9.17) is 0 Å². The molecule has 0 unspecified atom stereocenters. The van der Waals surface area contributed by atoms with Crippen molar-refractivity contribution in [2.24, 2.45) is 0 Å². The first kappa shape index (κ1) is 11.9. The molecular formula is C12H13NO3S. The summed E-state index contributed by atoms with van der Waals surface area (Å²) < 4.78 is 25.1. The van der Waals surface area contributed by atoms with Crippen LogP contribution in [0.5, 0.6) is 0 Å². The fourth-order valence-corrected chi connectivity index (χ4v) is 3.44. The molecule has 0 atom stereocenters. The van der Waals surface area contributed by atoms with Gasteiger partial charge in [-0.15, -0.1) is 6.58 Å². The average molecular weight is 251 g/mol. The summed E-state index contributed by atoms with van der Waals surface area (Å²) in [6, 6.07) is 6.30. The van der Waals surface area contributed by atoms with Gasteiger partial charge in [0.1, 0.15) is 4.90 Å². The van der Waals surface area contributed by atoms with Crippen LogP contribution in [0.1, 0.15) is 23.2 Å². The largest absolute Gasteiger partial charge is 0.269 e. The fraction of sp³-hybridized carbons (Fsp3) is 0.250. The summed E-state index contributed by atoms with van der Waals surface area (Å²) in [5.74, 6) is -0.426. The third-order valence-electron chi connectivity index (χ3n) is 2.68. The van der Waals surface area contributed by atoms with Crippen LogP contribution in [0.4, 0.5) is 0 Å². The van der Waals surface area contributed by atoms with Gasteiger partial charge < -0.3 is 0 Å². The molecule has 0 saturated heterocycles. The molecule has 1 aliphatic heterocycles. The molecule has 0 radical (unpaired) electrons. The topological polar surface area (TPSA) is 54.5 Å². The number of nitrogens with zero attached hydrogens (tertiary/aromatic N) is 1. The van der Waals surface area contributed by atoms with Gasteiger partial charge in [0.2, 0.25) is 0 Å². The number of fused-ring (bicyclic) bond motifs is 1. The smallest absolute Gasteiger partial charge is 0.268 e. The number of hydrogen-bond donors (Lipinski definition) is 0. The zero-order valence-corrected chi connectivity index (χ0v) is 10.1. The fourth-order valence-electron chi connectivity index (χ4n) is 1.83. The molecule has 17 heavy (non-hydrogen) atoms. The number of rotatable bonds is 4. The second-order valence-corrected chi connectivity index (χ2v) is 5.64. The molecule has 0 bridgehead atoms. The first-order chi connectivity index (χ1) is 8.09. The third kappa shape index (κ3) is 1.86. The van der Waals surface area contributed by atoms with E-state index in [0.717, 1.165) is 4.31 Å². The van der Waals surface area contributed by atoms with Crippen LogP contribution in [-0.4, -0.2) is 25.2 Å². The molecule has 4 nitrogen and oxygen atoms in total. The first-order valence-electron chi connectivity index (χ1n) is 5.36. The molecular weight excluding hydrogens is 238 g/mol. The van der Waals surface area contributed by atoms with Crippen LogP contribution in [0.15, 0.2) is 41.8 Å². The van der Waals surface area contributed by atoms with Gasteiger partial charge in [0.15, 0.2) is 0 Å². The van der Waals surface area contributed by atoms with Gasteiger partial charge in [0.05, 0.1) is 5.56 Å². The Bertz CT molecular complexity index is 563. The van der Waals surface area contributed by atoms with Gasteiger partial charge in [-0.05, 0) is 25.0 Å². The van der Waals surface area contributed by atoms with Gasteiger partial charge in [0.25, 0.3) is 15.9 Å². The second-order valence-electron chi connectivity index (χ2n) is 3.81. The molecule has 0 aliphatic carbocycles. The van der Waals surface area contributed by atoms with E-state index < -0.39 is 15.9 Å². The minimum Gasteiger partial charge on any atom is -0.268 e. The number of sulfonamides is 1. The molecule has 2 rings (SSSR count). The van der Waals surface area contributed by atoms with Gasteiger partial charge in [-0.3, -0.25) is 4.79 Å². The monoisotopic (exact) mass is 251 g/mol. The summed E-state index contributed by atoms with van der Waals surface area (Å²) in [5, 5.41) is 0. The molecule has 0 saturated carbocycles. The SMILES string of the molecule is C=CCCCN1C(=O)c2ccccc2S1(=O)=O. The third-order valence-corrected chi connectivity index (χ3v) is 4.52. The molecule has 5 heteroatoms. The number of carbonyl (C=O) groups is 1. The maximum Gasteiger partial charge on any atom is 0.269 e. The van der Waals surface area contributed by atoms with Crippen molar-refractivity contribution in [2.45, 2.75) is 17.7 Å². The maximum absolute atomic E-state index is 12.1. The van der Waals surface area contributed by atoms with Crippen LogP contribution in [0.2, 0.25) is 0 Å². The number of hydrogen-bond acceptors (Lipinski definition) is 3. The van der Waals surface area contributed by atoms with Crippen molar-refractivity contribution in [3.05, 3.63) is 42.5 Å². The molecule has 1 aromatic carbocycles. The quantitative estimate of drug-likeness (QED) is 0.605. The predicted molar refractivity (Wildman–Crippen MR) is 64.1 cm³/mol. The summed E-state index contributed by atoms with van der Waals surface area (Å²) in [5.41, 5.74) is 0.270. The molecule has 1 amide bonds. The molecule has 1 aliphatic rings. The summed E-state index contributed by atoms with van der Waals surface area (Å²) >= 11 is 0. The summed E-state index contributed by atoms with van der Waals surface area (Å²) in [7, 11) is -3.63. The van der Waals surface area contributed by atoms with Crippen molar-refractivity contribution in [2.75, 3.05) is 6.54 Å². The van der Waals surface area contributed by atoms with E-state index in [2.05, 4.69) is 6.58 Å². The minimum absolute atomic E-state index is 0.114. The van der Waals surface area contributed by atoms with Crippen LogP contribution >= 0.6 is 0 Å². The lowest BCUT2D eigenvalue weighted by Gasteiger charge is -2.13. The highest BCUT2D eigenvalue weighted by atomic mass is 32.2. The van der Waals surface area contributed by atoms with Crippen LogP contribution in [0, 0.1) is 0 Å². The Morgan fingerprint density at radius 3 is 2.65 bits per heavy atom. The standard InChI is InChI=1S/C12H13NO3S/c1-2-3-6-9-13-12(14)10-7-4-5-8-11(10)17(13,15)16/h2,4-5,7-8H,1,3,6,9H2. The minimum atomic E-state index is -3.63. The van der Waals surface area contributed by atoms with Crippen molar-refractivity contribution in [1.29, 1.82) is 0 Å². The van der Waals surface area contributed by atoms with E-state index in [1.165, 1.54) is 6.07 Å². The molecule has 0 fully saturated rings. The number of unbranched alkanes of at least 4 members (excludes halogenated alkanes) is 1.